The van der Waals surface area contributed by atoms with E-state index < -0.39 is 5.97 Å². The van der Waals surface area contributed by atoms with Crippen LogP contribution in [0.4, 0.5) is 0 Å². The lowest BCUT2D eigenvalue weighted by Crippen LogP contribution is -2.17. The van der Waals surface area contributed by atoms with E-state index >= 15 is 0 Å². The molecular weight excluding hydrogens is 190 g/mol. The van der Waals surface area contributed by atoms with E-state index in [-0.39, 0.29) is 4.99 Å². The van der Waals surface area contributed by atoms with E-state index in [0.717, 1.165) is 0 Å². The number of nitrogens with two attached hydrogens (primary N) is 1. The second-order valence-electron chi connectivity index (χ2n) is 2.38. The number of hydrogen-bond acceptors (Lipinski definition) is 4. The summed E-state index contributed by atoms with van der Waals surface area (Å²) in [4.78, 5) is 15.1. The first-order chi connectivity index (χ1) is 6.07. The average molecular weight is 199 g/mol. The van der Waals surface area contributed by atoms with Gasteiger partial charge in [0.15, 0.2) is 5.82 Å². The molecule has 1 aromatic rings. The Morgan fingerprint density at radius 1 is 1.77 bits per heavy atom. The van der Waals surface area contributed by atoms with Gasteiger partial charge in [0.05, 0.1) is 13.3 Å². The van der Waals surface area contributed by atoms with Crippen molar-refractivity contribution in [3.8, 4) is 0 Å². The monoisotopic (exact) mass is 199 g/mol. The number of methoxy groups -OCH3 is 1. The van der Waals surface area contributed by atoms with Gasteiger partial charge in [-0.25, -0.2) is 9.78 Å². The van der Waals surface area contributed by atoms with Crippen LogP contribution in [0.25, 0.3) is 0 Å². The van der Waals surface area contributed by atoms with Gasteiger partial charge in [-0.15, -0.1) is 0 Å². The molecule has 1 heterocycles. The Bertz CT molecular complexity index is 359. The van der Waals surface area contributed by atoms with Crippen molar-refractivity contribution in [1.29, 1.82) is 0 Å². The molecule has 6 heteroatoms. The number of rotatable bonds is 2. The molecule has 1 aromatic heterocycles. The van der Waals surface area contributed by atoms with Crippen molar-refractivity contribution < 1.29 is 9.53 Å². The molecule has 0 spiro atoms. The summed E-state index contributed by atoms with van der Waals surface area (Å²) in [7, 11) is 2.95. The van der Waals surface area contributed by atoms with Crippen LogP contribution in [0.1, 0.15) is 16.3 Å². The molecule has 0 aromatic carbocycles. The standard InChI is InChI=1S/C7H9N3O2S/c1-10-4(7(11)12-2)3-9-6(10)5(8)13/h3H,1-2H3,(H2,8,13). The molecule has 1 rings (SSSR count). The molecular formula is C7H9N3O2S. The third-order valence-corrected chi connectivity index (χ3v) is 1.79. The van der Waals surface area contributed by atoms with E-state index in [1.807, 2.05) is 0 Å². The SMILES string of the molecule is COC(=O)c1cnc(C(N)=S)n1C. The number of ether oxygens (including phenoxy) is 1. The maximum Gasteiger partial charge on any atom is 0.356 e. The van der Waals surface area contributed by atoms with Gasteiger partial charge in [0.2, 0.25) is 0 Å². The minimum atomic E-state index is -0.461. The lowest BCUT2D eigenvalue weighted by molar-refractivity contribution is 0.0590. The van der Waals surface area contributed by atoms with E-state index in [0.29, 0.717) is 11.5 Å². The minimum Gasteiger partial charge on any atom is -0.464 e. The highest BCUT2D eigenvalue weighted by Gasteiger charge is 2.14. The maximum atomic E-state index is 11.1. The highest BCUT2D eigenvalue weighted by atomic mass is 32.1. The zero-order valence-electron chi connectivity index (χ0n) is 7.27. The quantitative estimate of drug-likeness (QED) is 0.529. The van der Waals surface area contributed by atoms with Crippen LogP contribution < -0.4 is 5.73 Å². The van der Waals surface area contributed by atoms with Crippen LogP contribution in [-0.2, 0) is 11.8 Å². The minimum absolute atomic E-state index is 0.151. The molecule has 13 heavy (non-hydrogen) atoms. The Morgan fingerprint density at radius 3 is 2.77 bits per heavy atom. The highest BCUT2D eigenvalue weighted by molar-refractivity contribution is 7.80. The van der Waals surface area contributed by atoms with E-state index in [4.69, 9.17) is 18.0 Å². The zero-order chi connectivity index (χ0) is 10.0. The molecule has 0 bridgehead atoms. The summed E-state index contributed by atoms with van der Waals surface area (Å²) in [6, 6.07) is 0. The molecule has 0 aliphatic carbocycles. The fourth-order valence-corrected chi connectivity index (χ4v) is 1.12. The van der Waals surface area contributed by atoms with Crippen LogP contribution in [0.15, 0.2) is 6.20 Å². The van der Waals surface area contributed by atoms with Gasteiger partial charge in [-0.2, -0.15) is 0 Å². The van der Waals surface area contributed by atoms with Crippen LogP contribution >= 0.6 is 12.2 Å². The first kappa shape index (κ1) is 9.66. The molecule has 5 nitrogen and oxygen atoms in total. The van der Waals surface area contributed by atoms with E-state index in [1.165, 1.54) is 17.9 Å². The number of imidazole rings is 1. The van der Waals surface area contributed by atoms with Gasteiger partial charge >= 0.3 is 5.97 Å². The Balaban J connectivity index is 3.13. The van der Waals surface area contributed by atoms with Crippen molar-refractivity contribution in [2.45, 2.75) is 0 Å². The first-order valence-electron chi connectivity index (χ1n) is 3.47. The predicted octanol–water partition coefficient (Wildman–Crippen LogP) is -0.159. The van der Waals surface area contributed by atoms with Crippen LogP contribution in [0, 0.1) is 0 Å². The first-order valence-corrected chi connectivity index (χ1v) is 3.88. The van der Waals surface area contributed by atoms with Crippen molar-refractivity contribution in [3.63, 3.8) is 0 Å². The summed E-state index contributed by atoms with van der Waals surface area (Å²) in [6.45, 7) is 0. The molecule has 70 valence electrons. The van der Waals surface area contributed by atoms with E-state index in [2.05, 4.69) is 9.72 Å². The Kier molecular flexibility index (Phi) is 2.62. The van der Waals surface area contributed by atoms with Crippen molar-refractivity contribution in [3.05, 3.63) is 17.7 Å². The van der Waals surface area contributed by atoms with Crippen molar-refractivity contribution >= 4 is 23.2 Å². The summed E-state index contributed by atoms with van der Waals surface area (Å²) < 4.78 is 6.02. The average Bonchev–Trinajstić information content (AvgIpc) is 2.46. The third-order valence-electron chi connectivity index (χ3n) is 1.60. The van der Waals surface area contributed by atoms with Gasteiger partial charge in [0.25, 0.3) is 0 Å². The predicted molar refractivity (Wildman–Crippen MR) is 50.4 cm³/mol. The topological polar surface area (TPSA) is 70.1 Å². The number of carbonyl (C=O) groups is 1. The molecule has 0 aliphatic rings. The van der Waals surface area contributed by atoms with Crippen LogP contribution in [-0.4, -0.2) is 27.6 Å². The van der Waals surface area contributed by atoms with Gasteiger partial charge in [0.1, 0.15) is 10.7 Å². The molecule has 0 saturated carbocycles. The van der Waals surface area contributed by atoms with Gasteiger partial charge < -0.3 is 15.0 Å². The Morgan fingerprint density at radius 2 is 2.38 bits per heavy atom. The van der Waals surface area contributed by atoms with Crippen LogP contribution in [0.3, 0.4) is 0 Å². The molecule has 2 N–H and O–H groups in total. The highest BCUT2D eigenvalue weighted by Crippen LogP contribution is 2.03. The number of carbonyl (C=O) groups excluding carboxylic acids is 1. The Labute approximate surface area is 80.5 Å². The third kappa shape index (κ3) is 1.67. The number of esters is 1. The Hall–Kier alpha value is -1.43. The lowest BCUT2D eigenvalue weighted by Gasteiger charge is -2.01. The van der Waals surface area contributed by atoms with E-state index in [1.54, 1.807) is 7.05 Å². The second kappa shape index (κ2) is 3.53. The lowest BCUT2D eigenvalue weighted by atomic mass is 10.5. The maximum absolute atomic E-state index is 11.1. The normalized spacial score (nSPS) is 9.69. The zero-order valence-corrected chi connectivity index (χ0v) is 8.09. The van der Waals surface area contributed by atoms with Crippen molar-refractivity contribution in [2.24, 2.45) is 12.8 Å². The second-order valence-corrected chi connectivity index (χ2v) is 2.82. The fraction of sp³-hybridized carbons (Fsp3) is 0.286. The van der Waals surface area contributed by atoms with E-state index in [9.17, 15) is 4.79 Å². The largest absolute Gasteiger partial charge is 0.464 e. The summed E-state index contributed by atoms with van der Waals surface area (Å²) in [5.74, 6) is -0.0621. The van der Waals surface area contributed by atoms with Crippen molar-refractivity contribution in [2.75, 3.05) is 7.11 Å². The fourth-order valence-electron chi connectivity index (χ4n) is 0.933. The van der Waals surface area contributed by atoms with Gasteiger partial charge in [-0.05, 0) is 0 Å². The molecule has 0 radical (unpaired) electrons. The van der Waals surface area contributed by atoms with Gasteiger partial charge in [-0.1, -0.05) is 12.2 Å². The molecule has 0 fully saturated rings. The molecule has 0 atom stereocenters. The number of aromatic nitrogens is 2. The van der Waals surface area contributed by atoms with Crippen molar-refractivity contribution in [1.82, 2.24) is 9.55 Å². The van der Waals surface area contributed by atoms with Crippen LogP contribution in [0.5, 0.6) is 0 Å². The molecule has 0 amide bonds. The van der Waals surface area contributed by atoms with Gasteiger partial charge in [-0.3, -0.25) is 0 Å². The van der Waals surface area contributed by atoms with Crippen LogP contribution in [0.2, 0.25) is 0 Å². The number of thiocarbonyl (C=S) groups is 1. The van der Waals surface area contributed by atoms with Gasteiger partial charge in [0, 0.05) is 7.05 Å². The molecule has 0 saturated heterocycles. The smallest absolute Gasteiger partial charge is 0.356 e. The summed E-state index contributed by atoms with van der Waals surface area (Å²) in [5.41, 5.74) is 5.69. The summed E-state index contributed by atoms with van der Waals surface area (Å²) in [6.07, 6.45) is 1.38. The number of hydrogen-bond donors (Lipinski definition) is 1. The summed E-state index contributed by atoms with van der Waals surface area (Å²) in [5, 5.41) is 0. The molecule has 0 aliphatic heterocycles. The number of nitrogens with zero attached hydrogens (tertiary/aromatic N) is 2. The summed E-state index contributed by atoms with van der Waals surface area (Å²) >= 11 is 4.73. The molecule has 0 unspecified atom stereocenters.